The monoisotopic (exact) mass is 327 g/mol. The summed E-state index contributed by atoms with van der Waals surface area (Å²) in [6.45, 7) is 4.97. The van der Waals surface area contributed by atoms with Crippen LogP contribution in [-0.4, -0.2) is 24.7 Å². The van der Waals surface area contributed by atoms with E-state index in [1.165, 1.54) is 12.1 Å². The van der Waals surface area contributed by atoms with Crippen LogP contribution in [0.15, 0.2) is 35.2 Å². The smallest absolute Gasteiger partial charge is 0.240 e. The van der Waals surface area contributed by atoms with E-state index >= 15 is 0 Å². The molecule has 1 aromatic carbocycles. The van der Waals surface area contributed by atoms with Crippen molar-refractivity contribution in [3.8, 4) is 0 Å². The van der Waals surface area contributed by atoms with Gasteiger partial charge in [0.2, 0.25) is 10.0 Å². The second-order valence-electron chi connectivity index (χ2n) is 4.86. The highest BCUT2D eigenvalue weighted by Gasteiger charge is 2.12. The van der Waals surface area contributed by atoms with E-state index in [1.54, 1.807) is 12.1 Å². The lowest BCUT2D eigenvalue weighted by Crippen LogP contribution is -2.25. The number of nitrogens with one attached hydrogen (secondary N) is 1. The molecule has 1 heterocycles. The molecule has 1 N–H and O–H groups in total. The predicted molar refractivity (Wildman–Crippen MR) is 83.0 cm³/mol. The van der Waals surface area contributed by atoms with Crippen molar-refractivity contribution in [3.63, 3.8) is 0 Å². The summed E-state index contributed by atoms with van der Waals surface area (Å²) in [5, 5.41) is 4.85. The van der Waals surface area contributed by atoms with Crippen molar-refractivity contribution in [3.05, 3.63) is 46.7 Å². The van der Waals surface area contributed by atoms with Crippen LogP contribution >= 0.6 is 11.6 Å². The highest BCUT2D eigenvalue weighted by Crippen LogP contribution is 2.13. The van der Waals surface area contributed by atoms with Crippen LogP contribution in [0.3, 0.4) is 0 Å². The standard InChI is InChI=1S/C14H18ClN3O2S/c1-11-10-12(2)18(17-11)9-3-8-16-21(19,20)14-6-4-13(15)5-7-14/h4-7,10,16H,3,8-9H2,1-2H3. The summed E-state index contributed by atoms with van der Waals surface area (Å²) in [6, 6.07) is 8.10. The Morgan fingerprint density at radius 1 is 1.24 bits per heavy atom. The van der Waals surface area contributed by atoms with Crippen molar-refractivity contribution in [1.29, 1.82) is 0 Å². The molecule has 0 saturated heterocycles. The molecule has 0 amide bonds. The van der Waals surface area contributed by atoms with Gasteiger partial charge in [-0.05, 0) is 50.6 Å². The maximum absolute atomic E-state index is 12.0. The van der Waals surface area contributed by atoms with Crippen molar-refractivity contribution < 1.29 is 8.42 Å². The van der Waals surface area contributed by atoms with Gasteiger partial charge in [0.05, 0.1) is 10.6 Å². The van der Waals surface area contributed by atoms with Crippen LogP contribution in [0.4, 0.5) is 0 Å². The molecule has 0 aliphatic heterocycles. The van der Waals surface area contributed by atoms with E-state index in [1.807, 2.05) is 24.6 Å². The van der Waals surface area contributed by atoms with Crippen molar-refractivity contribution in [2.75, 3.05) is 6.54 Å². The highest BCUT2D eigenvalue weighted by molar-refractivity contribution is 7.89. The number of hydrogen-bond donors (Lipinski definition) is 1. The average molecular weight is 328 g/mol. The Hall–Kier alpha value is -1.37. The summed E-state index contributed by atoms with van der Waals surface area (Å²) in [4.78, 5) is 0.220. The fourth-order valence-electron chi connectivity index (χ4n) is 2.03. The minimum Gasteiger partial charge on any atom is -0.270 e. The van der Waals surface area contributed by atoms with Crippen LogP contribution in [-0.2, 0) is 16.6 Å². The predicted octanol–water partition coefficient (Wildman–Crippen LogP) is 2.52. The molecule has 7 heteroatoms. The van der Waals surface area contributed by atoms with Crippen LogP contribution in [0.25, 0.3) is 0 Å². The van der Waals surface area contributed by atoms with E-state index in [2.05, 4.69) is 9.82 Å². The van der Waals surface area contributed by atoms with Gasteiger partial charge >= 0.3 is 0 Å². The number of nitrogens with zero attached hydrogens (tertiary/aromatic N) is 2. The zero-order chi connectivity index (χ0) is 15.5. The number of sulfonamides is 1. The van der Waals surface area contributed by atoms with Gasteiger partial charge in [0.1, 0.15) is 0 Å². The second-order valence-corrected chi connectivity index (χ2v) is 7.06. The van der Waals surface area contributed by atoms with E-state index in [0.29, 0.717) is 24.5 Å². The third-order valence-corrected chi connectivity index (χ3v) is 4.79. The Morgan fingerprint density at radius 3 is 2.48 bits per heavy atom. The first-order valence-electron chi connectivity index (χ1n) is 6.65. The average Bonchev–Trinajstić information content (AvgIpc) is 2.74. The lowest BCUT2D eigenvalue weighted by Gasteiger charge is -2.08. The fraction of sp³-hybridized carbons (Fsp3) is 0.357. The van der Waals surface area contributed by atoms with E-state index in [0.717, 1.165) is 11.4 Å². The van der Waals surface area contributed by atoms with Gasteiger partial charge < -0.3 is 0 Å². The lowest BCUT2D eigenvalue weighted by molar-refractivity contribution is 0.544. The van der Waals surface area contributed by atoms with E-state index in [9.17, 15) is 8.42 Å². The molecular formula is C14H18ClN3O2S. The first-order valence-corrected chi connectivity index (χ1v) is 8.51. The van der Waals surface area contributed by atoms with Gasteiger partial charge in [0.15, 0.2) is 0 Å². The van der Waals surface area contributed by atoms with Crippen LogP contribution in [0.5, 0.6) is 0 Å². The van der Waals surface area contributed by atoms with Crippen LogP contribution in [0.2, 0.25) is 5.02 Å². The van der Waals surface area contributed by atoms with Crippen LogP contribution in [0, 0.1) is 13.8 Å². The Morgan fingerprint density at radius 2 is 1.90 bits per heavy atom. The maximum Gasteiger partial charge on any atom is 0.240 e. The molecule has 0 bridgehead atoms. The normalized spacial score (nSPS) is 11.8. The van der Waals surface area contributed by atoms with Crippen LogP contribution < -0.4 is 4.72 Å². The molecule has 0 atom stereocenters. The van der Waals surface area contributed by atoms with Crippen molar-refractivity contribution in [1.82, 2.24) is 14.5 Å². The number of hydrogen-bond acceptors (Lipinski definition) is 3. The minimum atomic E-state index is -3.47. The van der Waals surface area contributed by atoms with E-state index in [-0.39, 0.29) is 4.90 Å². The topological polar surface area (TPSA) is 64.0 Å². The van der Waals surface area contributed by atoms with Crippen molar-refractivity contribution in [2.24, 2.45) is 0 Å². The van der Waals surface area contributed by atoms with Gasteiger partial charge in [-0.25, -0.2) is 13.1 Å². The molecule has 0 aliphatic carbocycles. The van der Waals surface area contributed by atoms with Gasteiger partial charge in [-0.15, -0.1) is 0 Å². The van der Waals surface area contributed by atoms with Crippen molar-refractivity contribution in [2.45, 2.75) is 31.7 Å². The summed E-state index contributed by atoms with van der Waals surface area (Å²) in [5.41, 5.74) is 2.04. The highest BCUT2D eigenvalue weighted by atomic mass is 35.5. The van der Waals surface area contributed by atoms with Gasteiger partial charge in [-0.2, -0.15) is 5.10 Å². The molecule has 0 saturated carbocycles. The van der Waals surface area contributed by atoms with Crippen LogP contribution in [0.1, 0.15) is 17.8 Å². The summed E-state index contributed by atoms with van der Waals surface area (Å²) in [7, 11) is -3.47. The third kappa shape index (κ3) is 4.30. The molecule has 5 nitrogen and oxygen atoms in total. The Labute approximate surface area is 130 Å². The summed E-state index contributed by atoms with van der Waals surface area (Å²) < 4.78 is 28.6. The molecule has 0 unspecified atom stereocenters. The van der Waals surface area contributed by atoms with Gasteiger partial charge in [0, 0.05) is 23.8 Å². The molecule has 0 fully saturated rings. The largest absolute Gasteiger partial charge is 0.270 e. The van der Waals surface area contributed by atoms with Gasteiger partial charge in [0.25, 0.3) is 0 Å². The second kappa shape index (κ2) is 6.60. The quantitative estimate of drug-likeness (QED) is 0.829. The van der Waals surface area contributed by atoms with E-state index < -0.39 is 10.0 Å². The Bertz CT molecular complexity index is 708. The SMILES string of the molecule is Cc1cc(C)n(CCCNS(=O)(=O)c2ccc(Cl)cc2)n1. The zero-order valence-electron chi connectivity index (χ0n) is 12.0. The fourth-order valence-corrected chi connectivity index (χ4v) is 3.23. The molecule has 21 heavy (non-hydrogen) atoms. The molecule has 2 aromatic rings. The lowest BCUT2D eigenvalue weighted by atomic mass is 10.4. The molecule has 114 valence electrons. The molecular weight excluding hydrogens is 310 g/mol. The molecule has 2 rings (SSSR count). The Balaban J connectivity index is 1.88. The third-order valence-electron chi connectivity index (χ3n) is 3.07. The summed E-state index contributed by atoms with van der Waals surface area (Å²) >= 11 is 5.75. The number of halogens is 1. The first-order chi connectivity index (χ1) is 9.88. The molecule has 0 spiro atoms. The maximum atomic E-state index is 12.0. The zero-order valence-corrected chi connectivity index (χ0v) is 13.6. The number of aryl methyl sites for hydroxylation is 3. The van der Waals surface area contributed by atoms with E-state index in [4.69, 9.17) is 11.6 Å². The Kier molecular flexibility index (Phi) is 5.03. The molecule has 1 aromatic heterocycles. The molecule has 0 aliphatic rings. The number of rotatable bonds is 6. The van der Waals surface area contributed by atoms with Gasteiger partial charge in [-0.3, -0.25) is 4.68 Å². The van der Waals surface area contributed by atoms with Gasteiger partial charge in [-0.1, -0.05) is 11.6 Å². The number of aromatic nitrogens is 2. The summed E-state index contributed by atoms with van der Waals surface area (Å²) in [5.74, 6) is 0. The number of benzene rings is 1. The summed E-state index contributed by atoms with van der Waals surface area (Å²) in [6.07, 6.45) is 0.675. The minimum absolute atomic E-state index is 0.220. The first kappa shape index (κ1) is 16.0. The molecule has 0 radical (unpaired) electrons. The van der Waals surface area contributed by atoms with Crippen molar-refractivity contribution >= 4 is 21.6 Å².